The lowest BCUT2D eigenvalue weighted by molar-refractivity contribution is -0.124. The highest BCUT2D eigenvalue weighted by Gasteiger charge is 2.35. The van der Waals surface area contributed by atoms with Crippen molar-refractivity contribution in [3.05, 3.63) is 46.5 Å². The van der Waals surface area contributed by atoms with Crippen LogP contribution in [-0.4, -0.2) is 38.1 Å². The van der Waals surface area contributed by atoms with Gasteiger partial charge in [0.05, 0.1) is 4.91 Å². The molecule has 0 radical (unpaired) electrons. The van der Waals surface area contributed by atoms with Gasteiger partial charge in [0.25, 0.3) is 17.7 Å². The molecule has 0 aromatic heterocycles. The van der Waals surface area contributed by atoms with Crippen LogP contribution in [-0.2, 0) is 14.4 Å². The standard InChI is InChI=1S/C15H9N3O5S2/c19-8-3-1-7(2-4-8)5-10-13(22)18(15(24)25-10)6-9-11(20)16-14(23)17-12(9)21/h1-6,19H,(H2,16,17,20,21,23). The zero-order chi connectivity index (χ0) is 18.1. The molecule has 0 unspecified atom stereocenters. The van der Waals surface area contributed by atoms with Crippen LogP contribution in [0, 0.1) is 0 Å². The monoisotopic (exact) mass is 375 g/mol. The Morgan fingerprint density at radius 2 is 1.64 bits per heavy atom. The van der Waals surface area contributed by atoms with Crippen molar-refractivity contribution in [2.45, 2.75) is 0 Å². The number of aromatic hydroxyl groups is 1. The van der Waals surface area contributed by atoms with E-state index in [4.69, 9.17) is 12.2 Å². The van der Waals surface area contributed by atoms with Crippen molar-refractivity contribution < 1.29 is 24.3 Å². The number of phenolic OH excluding ortho intramolecular Hbond substituents is 1. The number of thioether (sulfide) groups is 1. The number of rotatable bonds is 2. The van der Waals surface area contributed by atoms with Crippen LogP contribution in [0.4, 0.5) is 4.79 Å². The Kier molecular flexibility index (Phi) is 4.38. The summed E-state index contributed by atoms with van der Waals surface area (Å²) in [7, 11) is 0. The molecule has 5 amide bonds. The molecule has 25 heavy (non-hydrogen) atoms. The van der Waals surface area contributed by atoms with Gasteiger partial charge in [0, 0.05) is 6.20 Å². The molecule has 1 aromatic carbocycles. The average Bonchev–Trinajstić information content (AvgIpc) is 2.80. The highest BCUT2D eigenvalue weighted by atomic mass is 32.2. The van der Waals surface area contributed by atoms with E-state index in [-0.39, 0.29) is 10.1 Å². The summed E-state index contributed by atoms with van der Waals surface area (Å²) in [5, 5.41) is 13.1. The summed E-state index contributed by atoms with van der Waals surface area (Å²) in [5.74, 6) is -2.23. The van der Waals surface area contributed by atoms with Crippen LogP contribution in [0.15, 0.2) is 40.9 Å². The Morgan fingerprint density at radius 1 is 1.04 bits per heavy atom. The fraction of sp³-hybridized carbons (Fsp3) is 0. The molecule has 0 aliphatic carbocycles. The van der Waals surface area contributed by atoms with E-state index < -0.39 is 29.3 Å². The molecule has 0 bridgehead atoms. The van der Waals surface area contributed by atoms with Crippen molar-refractivity contribution >= 4 is 58.1 Å². The first-order valence-corrected chi connectivity index (χ1v) is 8.02. The van der Waals surface area contributed by atoms with Crippen LogP contribution in [0.3, 0.4) is 0 Å². The Bertz CT molecular complexity index is 867. The van der Waals surface area contributed by atoms with Gasteiger partial charge in [-0.25, -0.2) is 4.79 Å². The highest BCUT2D eigenvalue weighted by Crippen LogP contribution is 2.33. The first-order valence-electron chi connectivity index (χ1n) is 6.80. The van der Waals surface area contributed by atoms with E-state index in [0.717, 1.165) is 22.9 Å². The maximum absolute atomic E-state index is 12.5. The fourth-order valence-corrected chi connectivity index (χ4v) is 3.24. The lowest BCUT2D eigenvalue weighted by Gasteiger charge is -2.16. The van der Waals surface area contributed by atoms with E-state index in [2.05, 4.69) is 0 Å². The Morgan fingerprint density at radius 3 is 2.24 bits per heavy atom. The molecule has 2 fully saturated rings. The third-order valence-corrected chi connectivity index (χ3v) is 4.55. The van der Waals surface area contributed by atoms with Gasteiger partial charge in [-0.1, -0.05) is 36.1 Å². The Hall–Kier alpha value is -2.98. The number of carbonyl (C=O) groups is 4. The van der Waals surface area contributed by atoms with E-state index in [0.29, 0.717) is 10.5 Å². The number of carbonyl (C=O) groups excluding carboxylic acids is 4. The summed E-state index contributed by atoms with van der Waals surface area (Å²) < 4.78 is 0.139. The summed E-state index contributed by atoms with van der Waals surface area (Å²) in [5.41, 5.74) is 0.270. The molecule has 2 saturated heterocycles. The van der Waals surface area contributed by atoms with E-state index in [1.807, 2.05) is 10.6 Å². The van der Waals surface area contributed by atoms with Gasteiger partial charge >= 0.3 is 6.03 Å². The molecule has 2 heterocycles. The average molecular weight is 375 g/mol. The van der Waals surface area contributed by atoms with Crippen molar-refractivity contribution in [3.8, 4) is 5.75 Å². The van der Waals surface area contributed by atoms with Crippen LogP contribution in [0.1, 0.15) is 5.56 Å². The second-order valence-electron chi connectivity index (χ2n) is 4.92. The maximum atomic E-state index is 12.5. The predicted molar refractivity (Wildman–Crippen MR) is 92.9 cm³/mol. The molecule has 1 aromatic rings. The number of hydrogen-bond donors (Lipinski definition) is 3. The van der Waals surface area contributed by atoms with Crippen LogP contribution in [0.25, 0.3) is 6.08 Å². The van der Waals surface area contributed by atoms with Gasteiger partial charge in [0.15, 0.2) is 4.32 Å². The molecule has 0 saturated carbocycles. The minimum Gasteiger partial charge on any atom is -0.508 e. The summed E-state index contributed by atoms with van der Waals surface area (Å²) in [6, 6.07) is 5.26. The second-order valence-corrected chi connectivity index (χ2v) is 6.60. The summed E-state index contributed by atoms with van der Waals surface area (Å²) in [4.78, 5) is 48.3. The molecule has 10 heteroatoms. The largest absolute Gasteiger partial charge is 0.508 e. The second kappa shape index (κ2) is 6.49. The molecule has 3 rings (SSSR count). The minimum atomic E-state index is -0.926. The first-order chi connectivity index (χ1) is 11.8. The number of urea groups is 1. The SMILES string of the molecule is O=C1NC(=O)C(=CN2C(=O)C(=Cc3ccc(O)cc3)SC2=S)C(=O)N1. The number of nitrogens with zero attached hydrogens (tertiary/aromatic N) is 1. The molecule has 2 aliphatic heterocycles. The van der Waals surface area contributed by atoms with Gasteiger partial charge in [-0.3, -0.25) is 29.9 Å². The normalized spacial score (nSPS) is 19.4. The third kappa shape index (κ3) is 3.44. The molecule has 8 nitrogen and oxygen atoms in total. The van der Waals surface area contributed by atoms with Crippen molar-refractivity contribution in [1.82, 2.24) is 15.5 Å². The van der Waals surface area contributed by atoms with E-state index >= 15 is 0 Å². The van der Waals surface area contributed by atoms with Crippen molar-refractivity contribution in [2.75, 3.05) is 0 Å². The number of benzene rings is 1. The topological polar surface area (TPSA) is 116 Å². The number of imide groups is 2. The van der Waals surface area contributed by atoms with Gasteiger partial charge in [-0.15, -0.1) is 0 Å². The van der Waals surface area contributed by atoms with Gasteiger partial charge < -0.3 is 5.11 Å². The van der Waals surface area contributed by atoms with E-state index in [1.165, 1.54) is 12.1 Å². The molecule has 0 atom stereocenters. The van der Waals surface area contributed by atoms with E-state index in [9.17, 15) is 24.3 Å². The minimum absolute atomic E-state index is 0.0957. The summed E-state index contributed by atoms with van der Waals surface area (Å²) in [6.45, 7) is 0. The van der Waals surface area contributed by atoms with Crippen LogP contribution >= 0.6 is 24.0 Å². The molecular formula is C15H9N3O5S2. The van der Waals surface area contributed by atoms with Gasteiger partial charge in [-0.2, -0.15) is 0 Å². The zero-order valence-electron chi connectivity index (χ0n) is 12.3. The lowest BCUT2D eigenvalue weighted by atomic mass is 10.2. The van der Waals surface area contributed by atoms with Crippen LogP contribution in [0.5, 0.6) is 5.75 Å². The zero-order valence-corrected chi connectivity index (χ0v) is 13.9. The smallest absolute Gasteiger partial charge is 0.328 e. The van der Waals surface area contributed by atoms with Crippen molar-refractivity contribution in [1.29, 1.82) is 0 Å². The molecular weight excluding hydrogens is 366 g/mol. The quantitative estimate of drug-likeness (QED) is 0.399. The predicted octanol–water partition coefficient (Wildman–Crippen LogP) is 0.843. The van der Waals surface area contributed by atoms with Gasteiger partial charge in [0.2, 0.25) is 0 Å². The first kappa shape index (κ1) is 16.9. The summed E-state index contributed by atoms with van der Waals surface area (Å²) >= 11 is 6.12. The van der Waals surface area contributed by atoms with Crippen LogP contribution < -0.4 is 10.6 Å². The number of thiocarbonyl (C=S) groups is 1. The lowest BCUT2D eigenvalue weighted by Crippen LogP contribution is -2.52. The van der Waals surface area contributed by atoms with Crippen LogP contribution in [0.2, 0.25) is 0 Å². The third-order valence-electron chi connectivity index (χ3n) is 3.22. The highest BCUT2D eigenvalue weighted by molar-refractivity contribution is 8.26. The molecule has 126 valence electrons. The van der Waals surface area contributed by atoms with Gasteiger partial charge in [0.1, 0.15) is 11.3 Å². The number of nitrogens with one attached hydrogen (secondary N) is 2. The number of amides is 5. The number of hydrogen-bond acceptors (Lipinski definition) is 7. The maximum Gasteiger partial charge on any atom is 0.328 e. The van der Waals surface area contributed by atoms with E-state index in [1.54, 1.807) is 18.2 Å². The Balaban J connectivity index is 1.88. The number of barbiturate groups is 1. The molecule has 2 aliphatic rings. The molecule has 0 spiro atoms. The number of phenols is 1. The van der Waals surface area contributed by atoms with Gasteiger partial charge in [-0.05, 0) is 23.8 Å². The fourth-order valence-electron chi connectivity index (χ4n) is 2.03. The van der Waals surface area contributed by atoms with Crippen molar-refractivity contribution in [2.24, 2.45) is 0 Å². The van der Waals surface area contributed by atoms with Crippen molar-refractivity contribution in [3.63, 3.8) is 0 Å². The summed E-state index contributed by atoms with van der Waals surface area (Å²) in [6.07, 6.45) is 2.58. The Labute approximate surface area is 150 Å². The molecule has 3 N–H and O–H groups in total.